The molecule has 0 unspecified atom stereocenters. The van der Waals surface area contributed by atoms with Gasteiger partial charge < -0.3 is 5.11 Å². The number of halogens is 2. The monoisotopic (exact) mass is 216 g/mol. The van der Waals surface area contributed by atoms with E-state index in [9.17, 15) is 5.11 Å². The highest BCUT2D eigenvalue weighted by Gasteiger charge is 2.13. The Bertz CT molecular complexity index is 290. The van der Waals surface area contributed by atoms with Gasteiger partial charge in [0.05, 0.1) is 6.10 Å². The van der Waals surface area contributed by atoms with Gasteiger partial charge in [-0.2, -0.15) is 0 Å². The van der Waals surface area contributed by atoms with Crippen LogP contribution < -0.4 is 0 Å². The molecule has 1 aromatic carbocycles. The Morgan fingerprint density at radius 3 is 2.38 bits per heavy atom. The number of hydrogen-bond donors (Lipinski definition) is 1. The molecule has 70 valence electrons. The van der Waals surface area contributed by atoms with Crippen LogP contribution in [0.5, 0.6) is 0 Å². The molecule has 0 fully saturated rings. The van der Waals surface area contributed by atoms with Gasteiger partial charge in [0.25, 0.3) is 0 Å². The maximum Gasteiger partial charge on any atom is 0.0853 e. The molecule has 0 bridgehead atoms. The van der Waals surface area contributed by atoms with Crippen molar-refractivity contribution in [1.29, 1.82) is 0 Å². The summed E-state index contributed by atoms with van der Waals surface area (Å²) in [5.74, 6) is 0. The lowest BCUT2D eigenvalue weighted by molar-refractivity contribution is 0.182. The zero-order valence-corrected chi connectivity index (χ0v) is 8.52. The van der Waals surface area contributed by atoms with Gasteiger partial charge >= 0.3 is 0 Å². The Balaban J connectivity index is 3.04. The number of aliphatic hydroxyl groups is 1. The van der Waals surface area contributed by atoms with E-state index < -0.39 is 6.10 Å². The first-order valence-electron chi connectivity index (χ1n) is 3.89. The molecule has 1 rings (SSSR count). The third-order valence-electron chi connectivity index (χ3n) is 1.72. The summed E-state index contributed by atoms with van der Waals surface area (Å²) in [6.07, 6.45) is 1.41. The van der Waals surface area contributed by atoms with E-state index in [1.807, 2.05) is 0 Å². The zero-order chi connectivity index (χ0) is 9.84. The van der Waals surface area contributed by atoms with Crippen molar-refractivity contribution in [1.82, 2.24) is 0 Å². The van der Waals surface area contributed by atoms with Crippen LogP contribution in [0.25, 0.3) is 0 Å². The van der Waals surface area contributed by atoms with E-state index in [2.05, 4.69) is 6.58 Å². The summed E-state index contributed by atoms with van der Waals surface area (Å²) < 4.78 is 0. The maximum atomic E-state index is 9.64. The standard InChI is InChI=1S/C10H10Cl2O/c1-2-4-9(13)10-7(11)5-3-6-8(10)12/h2-3,5-6,9,13H,1,4H2/t9-/m0/s1. The predicted octanol–water partition coefficient (Wildman–Crippen LogP) is 3.60. The van der Waals surface area contributed by atoms with Crippen molar-refractivity contribution in [3.63, 3.8) is 0 Å². The summed E-state index contributed by atoms with van der Waals surface area (Å²) in [7, 11) is 0. The van der Waals surface area contributed by atoms with Crippen molar-refractivity contribution >= 4 is 23.2 Å². The van der Waals surface area contributed by atoms with Crippen LogP contribution in [0.1, 0.15) is 18.1 Å². The second kappa shape index (κ2) is 4.66. The summed E-state index contributed by atoms with van der Waals surface area (Å²) in [4.78, 5) is 0. The first kappa shape index (κ1) is 10.6. The molecule has 1 atom stereocenters. The molecular weight excluding hydrogens is 207 g/mol. The molecule has 0 saturated carbocycles. The highest BCUT2D eigenvalue weighted by Crippen LogP contribution is 2.31. The van der Waals surface area contributed by atoms with Crippen molar-refractivity contribution in [2.75, 3.05) is 0 Å². The lowest BCUT2D eigenvalue weighted by Crippen LogP contribution is -1.97. The molecule has 0 aliphatic heterocycles. The average molecular weight is 217 g/mol. The van der Waals surface area contributed by atoms with E-state index in [4.69, 9.17) is 23.2 Å². The van der Waals surface area contributed by atoms with E-state index in [0.717, 1.165) is 0 Å². The largest absolute Gasteiger partial charge is 0.388 e. The average Bonchev–Trinajstić information content (AvgIpc) is 2.04. The van der Waals surface area contributed by atoms with E-state index in [-0.39, 0.29) is 0 Å². The minimum absolute atomic E-state index is 0.448. The van der Waals surface area contributed by atoms with Gasteiger partial charge in [-0.3, -0.25) is 0 Å². The van der Waals surface area contributed by atoms with Crippen LogP contribution in [0.15, 0.2) is 30.9 Å². The van der Waals surface area contributed by atoms with Crippen molar-refractivity contribution in [3.8, 4) is 0 Å². The highest BCUT2D eigenvalue weighted by molar-refractivity contribution is 6.36. The lowest BCUT2D eigenvalue weighted by Gasteiger charge is -2.11. The minimum Gasteiger partial charge on any atom is -0.388 e. The van der Waals surface area contributed by atoms with Crippen LogP contribution in [-0.2, 0) is 0 Å². The summed E-state index contributed by atoms with van der Waals surface area (Å²) in [6.45, 7) is 3.54. The quantitative estimate of drug-likeness (QED) is 0.767. The maximum absolute atomic E-state index is 9.64. The smallest absolute Gasteiger partial charge is 0.0853 e. The molecule has 0 aliphatic rings. The van der Waals surface area contributed by atoms with E-state index in [1.165, 1.54) is 0 Å². The van der Waals surface area contributed by atoms with Crippen molar-refractivity contribution in [3.05, 3.63) is 46.5 Å². The molecule has 0 spiro atoms. The molecular formula is C10H10Cl2O. The van der Waals surface area contributed by atoms with Crippen LogP contribution in [0.3, 0.4) is 0 Å². The van der Waals surface area contributed by atoms with E-state index in [0.29, 0.717) is 22.0 Å². The summed E-state index contributed by atoms with van der Waals surface area (Å²) in [5.41, 5.74) is 0.575. The van der Waals surface area contributed by atoms with Crippen molar-refractivity contribution < 1.29 is 5.11 Å². The Kier molecular flexibility index (Phi) is 3.79. The topological polar surface area (TPSA) is 20.2 Å². The summed E-state index contributed by atoms with van der Waals surface area (Å²) in [5, 5.41) is 10.6. The zero-order valence-electron chi connectivity index (χ0n) is 7.00. The highest BCUT2D eigenvalue weighted by atomic mass is 35.5. The van der Waals surface area contributed by atoms with Gasteiger partial charge in [0.2, 0.25) is 0 Å². The molecule has 0 aromatic heterocycles. The van der Waals surface area contributed by atoms with E-state index >= 15 is 0 Å². The summed E-state index contributed by atoms with van der Waals surface area (Å²) in [6, 6.07) is 5.15. The van der Waals surface area contributed by atoms with Gasteiger partial charge in [-0.15, -0.1) is 6.58 Å². The van der Waals surface area contributed by atoms with E-state index in [1.54, 1.807) is 24.3 Å². The minimum atomic E-state index is -0.668. The lowest BCUT2D eigenvalue weighted by atomic mass is 10.1. The molecule has 1 N–H and O–H groups in total. The van der Waals surface area contributed by atoms with Crippen LogP contribution in [0.2, 0.25) is 10.0 Å². The third-order valence-corrected chi connectivity index (χ3v) is 2.38. The van der Waals surface area contributed by atoms with Gasteiger partial charge in [-0.05, 0) is 18.6 Å². The normalized spacial score (nSPS) is 12.5. The van der Waals surface area contributed by atoms with Crippen LogP contribution in [-0.4, -0.2) is 5.11 Å². The fourth-order valence-corrected chi connectivity index (χ4v) is 1.75. The second-order valence-corrected chi connectivity index (χ2v) is 3.49. The number of aliphatic hydroxyl groups excluding tert-OH is 1. The molecule has 1 nitrogen and oxygen atoms in total. The second-order valence-electron chi connectivity index (χ2n) is 2.68. The first-order chi connectivity index (χ1) is 6.16. The van der Waals surface area contributed by atoms with Gasteiger partial charge in [0, 0.05) is 15.6 Å². The first-order valence-corrected chi connectivity index (χ1v) is 4.65. The van der Waals surface area contributed by atoms with Crippen molar-refractivity contribution in [2.24, 2.45) is 0 Å². The fourth-order valence-electron chi connectivity index (χ4n) is 1.10. The molecule has 0 amide bonds. The molecule has 13 heavy (non-hydrogen) atoms. The van der Waals surface area contributed by atoms with Gasteiger partial charge in [0.15, 0.2) is 0 Å². The van der Waals surface area contributed by atoms with Gasteiger partial charge in [0.1, 0.15) is 0 Å². The third kappa shape index (κ3) is 2.47. The summed E-state index contributed by atoms with van der Waals surface area (Å²) >= 11 is 11.8. The van der Waals surface area contributed by atoms with Gasteiger partial charge in [-0.25, -0.2) is 0 Å². The Morgan fingerprint density at radius 1 is 1.38 bits per heavy atom. The molecule has 1 aromatic rings. The molecule has 0 radical (unpaired) electrons. The van der Waals surface area contributed by atoms with Crippen LogP contribution in [0.4, 0.5) is 0 Å². The number of rotatable bonds is 3. The predicted molar refractivity (Wildman–Crippen MR) is 56.2 cm³/mol. The number of hydrogen-bond acceptors (Lipinski definition) is 1. The molecule has 3 heteroatoms. The van der Waals surface area contributed by atoms with Crippen molar-refractivity contribution in [2.45, 2.75) is 12.5 Å². The SMILES string of the molecule is C=CC[C@H](O)c1c(Cl)cccc1Cl. The van der Waals surface area contributed by atoms with Crippen LogP contribution >= 0.6 is 23.2 Å². The molecule has 0 heterocycles. The Morgan fingerprint density at radius 2 is 1.92 bits per heavy atom. The Hall–Kier alpha value is -0.500. The fraction of sp³-hybridized carbons (Fsp3) is 0.200. The molecule has 0 saturated heterocycles. The Labute approximate surface area is 87.6 Å². The van der Waals surface area contributed by atoms with Gasteiger partial charge in [-0.1, -0.05) is 35.3 Å². The van der Waals surface area contributed by atoms with Crippen LogP contribution in [0, 0.1) is 0 Å². The number of benzene rings is 1. The molecule has 0 aliphatic carbocycles.